The van der Waals surface area contributed by atoms with Crippen LogP contribution in [-0.2, 0) is 17.7 Å². The maximum atomic E-state index is 11.2. The standard InChI is InChI=1S/C15H17NO3/c1-3-11-5-4-6-12(9-11)16-10-13-7-8-14(19-13)15(17)18-2/h4-9,16H,3,10H2,1-2H3. The van der Waals surface area contributed by atoms with Gasteiger partial charge in [-0.05, 0) is 36.2 Å². The summed E-state index contributed by atoms with van der Waals surface area (Å²) >= 11 is 0. The fourth-order valence-electron chi connectivity index (χ4n) is 1.77. The quantitative estimate of drug-likeness (QED) is 0.837. The van der Waals surface area contributed by atoms with Crippen molar-refractivity contribution >= 4 is 11.7 Å². The fourth-order valence-corrected chi connectivity index (χ4v) is 1.77. The zero-order valence-corrected chi connectivity index (χ0v) is 11.1. The van der Waals surface area contributed by atoms with Crippen molar-refractivity contribution in [1.29, 1.82) is 0 Å². The molecule has 1 aromatic heterocycles. The van der Waals surface area contributed by atoms with Crippen molar-refractivity contribution < 1.29 is 13.9 Å². The molecule has 2 rings (SSSR count). The molecular formula is C15H17NO3. The van der Waals surface area contributed by atoms with Gasteiger partial charge in [-0.25, -0.2) is 4.79 Å². The third-order valence-electron chi connectivity index (χ3n) is 2.85. The smallest absolute Gasteiger partial charge is 0.373 e. The molecule has 0 aliphatic rings. The van der Waals surface area contributed by atoms with Crippen molar-refractivity contribution in [3.8, 4) is 0 Å². The van der Waals surface area contributed by atoms with E-state index in [1.165, 1.54) is 12.7 Å². The van der Waals surface area contributed by atoms with Gasteiger partial charge in [0.1, 0.15) is 5.76 Å². The number of carbonyl (C=O) groups is 1. The van der Waals surface area contributed by atoms with Gasteiger partial charge in [-0.3, -0.25) is 0 Å². The first-order chi connectivity index (χ1) is 9.22. The maximum absolute atomic E-state index is 11.2. The van der Waals surface area contributed by atoms with Crippen LogP contribution in [0.4, 0.5) is 5.69 Å². The number of aryl methyl sites for hydroxylation is 1. The Morgan fingerprint density at radius 3 is 2.89 bits per heavy atom. The zero-order valence-electron chi connectivity index (χ0n) is 11.1. The number of nitrogens with one attached hydrogen (secondary N) is 1. The minimum absolute atomic E-state index is 0.224. The molecule has 4 heteroatoms. The highest BCUT2D eigenvalue weighted by atomic mass is 16.5. The summed E-state index contributed by atoms with van der Waals surface area (Å²) in [6.45, 7) is 2.65. The van der Waals surface area contributed by atoms with Gasteiger partial charge in [0.2, 0.25) is 5.76 Å². The van der Waals surface area contributed by atoms with Crippen LogP contribution in [0.15, 0.2) is 40.8 Å². The van der Waals surface area contributed by atoms with E-state index >= 15 is 0 Å². The summed E-state index contributed by atoms with van der Waals surface area (Å²) in [5.74, 6) is 0.461. The van der Waals surface area contributed by atoms with Crippen molar-refractivity contribution in [2.75, 3.05) is 12.4 Å². The average Bonchev–Trinajstić information content (AvgIpc) is 2.93. The number of anilines is 1. The number of methoxy groups -OCH3 is 1. The highest BCUT2D eigenvalue weighted by Crippen LogP contribution is 2.14. The second-order valence-electron chi connectivity index (χ2n) is 4.17. The van der Waals surface area contributed by atoms with Gasteiger partial charge in [0.05, 0.1) is 13.7 Å². The Morgan fingerprint density at radius 1 is 1.32 bits per heavy atom. The molecule has 1 N–H and O–H groups in total. The summed E-state index contributed by atoms with van der Waals surface area (Å²) in [7, 11) is 1.33. The summed E-state index contributed by atoms with van der Waals surface area (Å²) in [5, 5.41) is 3.26. The SMILES string of the molecule is CCc1cccc(NCc2ccc(C(=O)OC)o2)c1. The van der Waals surface area contributed by atoms with Gasteiger partial charge in [-0.1, -0.05) is 19.1 Å². The Morgan fingerprint density at radius 2 is 2.16 bits per heavy atom. The molecule has 0 saturated carbocycles. The summed E-state index contributed by atoms with van der Waals surface area (Å²) in [6.07, 6.45) is 1.00. The molecule has 19 heavy (non-hydrogen) atoms. The lowest BCUT2D eigenvalue weighted by Crippen LogP contribution is -2.00. The van der Waals surface area contributed by atoms with E-state index in [2.05, 4.69) is 29.1 Å². The fraction of sp³-hybridized carbons (Fsp3) is 0.267. The second-order valence-corrected chi connectivity index (χ2v) is 4.17. The molecule has 0 amide bonds. The molecule has 4 nitrogen and oxygen atoms in total. The van der Waals surface area contributed by atoms with E-state index in [1.807, 2.05) is 12.1 Å². The Hall–Kier alpha value is -2.23. The third kappa shape index (κ3) is 3.37. The van der Waals surface area contributed by atoms with Crippen LogP contribution in [0.2, 0.25) is 0 Å². The summed E-state index contributed by atoms with van der Waals surface area (Å²) in [4.78, 5) is 11.2. The number of furan rings is 1. The van der Waals surface area contributed by atoms with Gasteiger partial charge in [0.15, 0.2) is 0 Å². The van der Waals surface area contributed by atoms with E-state index in [-0.39, 0.29) is 5.76 Å². The van der Waals surface area contributed by atoms with Gasteiger partial charge >= 0.3 is 5.97 Å². The first-order valence-corrected chi connectivity index (χ1v) is 6.22. The molecular weight excluding hydrogens is 242 g/mol. The van der Waals surface area contributed by atoms with Gasteiger partial charge in [0.25, 0.3) is 0 Å². The average molecular weight is 259 g/mol. The molecule has 0 fully saturated rings. The van der Waals surface area contributed by atoms with Crippen LogP contribution >= 0.6 is 0 Å². The van der Waals surface area contributed by atoms with E-state index in [9.17, 15) is 4.79 Å². The zero-order chi connectivity index (χ0) is 13.7. The van der Waals surface area contributed by atoms with Gasteiger partial charge in [0, 0.05) is 5.69 Å². The topological polar surface area (TPSA) is 51.5 Å². The Labute approximate surface area is 112 Å². The van der Waals surface area contributed by atoms with Crippen molar-refractivity contribution in [2.45, 2.75) is 19.9 Å². The van der Waals surface area contributed by atoms with Crippen LogP contribution in [0, 0.1) is 0 Å². The normalized spacial score (nSPS) is 10.2. The van der Waals surface area contributed by atoms with Crippen molar-refractivity contribution in [2.24, 2.45) is 0 Å². The second kappa shape index (κ2) is 6.09. The van der Waals surface area contributed by atoms with Crippen molar-refractivity contribution in [1.82, 2.24) is 0 Å². The molecule has 2 aromatic rings. The number of ether oxygens (including phenoxy) is 1. The number of benzene rings is 1. The van der Waals surface area contributed by atoms with Gasteiger partial charge in [-0.2, -0.15) is 0 Å². The number of hydrogen-bond acceptors (Lipinski definition) is 4. The number of esters is 1. The molecule has 0 unspecified atom stereocenters. The van der Waals surface area contributed by atoms with E-state index in [4.69, 9.17) is 4.42 Å². The molecule has 0 atom stereocenters. The highest BCUT2D eigenvalue weighted by Gasteiger charge is 2.10. The first-order valence-electron chi connectivity index (χ1n) is 6.22. The molecule has 0 bridgehead atoms. The van der Waals surface area contributed by atoms with E-state index in [1.54, 1.807) is 12.1 Å². The summed E-state index contributed by atoms with van der Waals surface area (Å²) < 4.78 is 9.97. The van der Waals surface area contributed by atoms with Crippen LogP contribution in [0.3, 0.4) is 0 Å². The predicted octanol–water partition coefficient (Wildman–Crippen LogP) is 3.24. The maximum Gasteiger partial charge on any atom is 0.373 e. The van der Waals surface area contributed by atoms with Crippen molar-refractivity contribution in [3.05, 3.63) is 53.5 Å². The third-order valence-corrected chi connectivity index (χ3v) is 2.85. The highest BCUT2D eigenvalue weighted by molar-refractivity contribution is 5.86. The van der Waals surface area contributed by atoms with Crippen molar-refractivity contribution in [3.63, 3.8) is 0 Å². The lowest BCUT2D eigenvalue weighted by Gasteiger charge is -2.06. The molecule has 0 spiro atoms. The predicted molar refractivity (Wildman–Crippen MR) is 73.2 cm³/mol. The van der Waals surface area contributed by atoms with E-state index in [0.717, 1.165) is 12.1 Å². The Bertz CT molecular complexity index is 560. The number of carbonyl (C=O) groups excluding carboxylic acids is 1. The van der Waals surface area contributed by atoms with Gasteiger partial charge < -0.3 is 14.5 Å². The Balaban J connectivity index is 1.98. The number of rotatable bonds is 5. The first kappa shape index (κ1) is 13.2. The van der Waals surface area contributed by atoms with E-state index < -0.39 is 5.97 Å². The lowest BCUT2D eigenvalue weighted by molar-refractivity contribution is 0.0563. The largest absolute Gasteiger partial charge is 0.463 e. The summed E-state index contributed by atoms with van der Waals surface area (Å²) in [5.41, 5.74) is 2.31. The minimum Gasteiger partial charge on any atom is -0.463 e. The van der Waals surface area contributed by atoms with E-state index in [0.29, 0.717) is 12.3 Å². The molecule has 100 valence electrons. The minimum atomic E-state index is -0.459. The van der Waals surface area contributed by atoms with Gasteiger partial charge in [-0.15, -0.1) is 0 Å². The van der Waals surface area contributed by atoms with Crippen LogP contribution in [0.25, 0.3) is 0 Å². The lowest BCUT2D eigenvalue weighted by atomic mass is 10.1. The number of hydrogen-bond donors (Lipinski definition) is 1. The molecule has 0 aliphatic carbocycles. The monoisotopic (exact) mass is 259 g/mol. The summed E-state index contributed by atoms with van der Waals surface area (Å²) in [6, 6.07) is 11.6. The molecule has 1 heterocycles. The van der Waals surface area contributed by atoms with Crippen LogP contribution < -0.4 is 5.32 Å². The van der Waals surface area contributed by atoms with Crippen LogP contribution in [0.1, 0.15) is 28.8 Å². The molecule has 0 radical (unpaired) electrons. The molecule has 0 aliphatic heterocycles. The van der Waals surface area contributed by atoms with Crippen LogP contribution in [0.5, 0.6) is 0 Å². The Kier molecular flexibility index (Phi) is 4.23. The molecule has 0 saturated heterocycles. The van der Waals surface area contributed by atoms with Crippen LogP contribution in [-0.4, -0.2) is 13.1 Å². The molecule has 1 aromatic carbocycles.